The summed E-state index contributed by atoms with van der Waals surface area (Å²) >= 11 is 0. The zero-order valence-electron chi connectivity index (χ0n) is 18.9. The number of halogens is 1. The van der Waals surface area contributed by atoms with Crippen molar-refractivity contribution in [3.8, 4) is 5.75 Å². The number of hydrogen-bond acceptors (Lipinski definition) is 7. The molecule has 0 N–H and O–H groups in total. The first-order valence-corrected chi connectivity index (χ1v) is 12.6. The quantitative estimate of drug-likeness (QED) is 0.620. The number of nitrogens with zero attached hydrogens (tertiary/aromatic N) is 3. The SMILES string of the molecule is CC(CCOc1ccc(S(C)(=O)=O)c(F)c1)C1CCN(c2nc(C(C)(C)C)no2)CC1. The lowest BCUT2D eigenvalue weighted by molar-refractivity contribution is 0.220. The van der Waals surface area contributed by atoms with Crippen molar-refractivity contribution in [3.05, 3.63) is 29.8 Å². The summed E-state index contributed by atoms with van der Waals surface area (Å²) < 4.78 is 48.1. The number of rotatable bonds is 7. The van der Waals surface area contributed by atoms with E-state index >= 15 is 0 Å². The van der Waals surface area contributed by atoms with Gasteiger partial charge < -0.3 is 14.2 Å². The number of anilines is 1. The Kier molecular flexibility index (Phi) is 6.93. The normalized spacial score (nSPS) is 17.0. The van der Waals surface area contributed by atoms with Crippen LogP contribution in [-0.2, 0) is 15.3 Å². The topological polar surface area (TPSA) is 85.5 Å². The average molecular weight is 454 g/mol. The molecule has 1 aliphatic rings. The van der Waals surface area contributed by atoms with E-state index in [4.69, 9.17) is 9.26 Å². The second kappa shape index (κ2) is 9.14. The van der Waals surface area contributed by atoms with Gasteiger partial charge in [-0.05, 0) is 43.2 Å². The summed E-state index contributed by atoms with van der Waals surface area (Å²) in [5.41, 5.74) is -0.136. The number of ether oxygens (including phenoxy) is 1. The maximum Gasteiger partial charge on any atom is 0.324 e. The summed E-state index contributed by atoms with van der Waals surface area (Å²) in [7, 11) is -3.58. The lowest BCUT2D eigenvalue weighted by atomic mass is 9.84. The van der Waals surface area contributed by atoms with E-state index in [9.17, 15) is 12.8 Å². The minimum absolute atomic E-state index is 0.136. The Morgan fingerprint density at radius 2 is 1.97 bits per heavy atom. The number of sulfone groups is 1. The van der Waals surface area contributed by atoms with Gasteiger partial charge in [0.2, 0.25) is 0 Å². The highest BCUT2D eigenvalue weighted by atomic mass is 32.2. The van der Waals surface area contributed by atoms with Crippen molar-refractivity contribution < 1.29 is 22.1 Å². The predicted octanol–water partition coefficient (Wildman–Crippen LogP) is 4.23. The van der Waals surface area contributed by atoms with E-state index in [1.165, 1.54) is 12.1 Å². The van der Waals surface area contributed by atoms with Gasteiger partial charge in [0.1, 0.15) is 16.5 Å². The Morgan fingerprint density at radius 3 is 2.52 bits per heavy atom. The minimum atomic E-state index is -3.58. The van der Waals surface area contributed by atoms with Crippen LogP contribution in [0.4, 0.5) is 10.4 Å². The Bertz CT molecular complexity index is 992. The van der Waals surface area contributed by atoms with Gasteiger partial charge in [0, 0.05) is 30.8 Å². The predicted molar refractivity (Wildman–Crippen MR) is 117 cm³/mol. The zero-order valence-corrected chi connectivity index (χ0v) is 19.7. The molecule has 0 radical (unpaired) electrons. The van der Waals surface area contributed by atoms with Crippen LogP contribution in [0.25, 0.3) is 0 Å². The van der Waals surface area contributed by atoms with Gasteiger partial charge in [0.15, 0.2) is 15.7 Å². The minimum Gasteiger partial charge on any atom is -0.493 e. The molecule has 1 aromatic heterocycles. The van der Waals surface area contributed by atoms with Crippen molar-refractivity contribution in [3.63, 3.8) is 0 Å². The molecule has 31 heavy (non-hydrogen) atoms. The molecule has 0 aliphatic carbocycles. The van der Waals surface area contributed by atoms with E-state index in [1.54, 1.807) is 0 Å². The van der Waals surface area contributed by atoms with Crippen LogP contribution in [0.5, 0.6) is 5.75 Å². The molecule has 3 rings (SSSR count). The van der Waals surface area contributed by atoms with Crippen molar-refractivity contribution in [2.24, 2.45) is 11.8 Å². The van der Waals surface area contributed by atoms with Crippen LogP contribution in [0.3, 0.4) is 0 Å². The molecule has 1 atom stereocenters. The third-order valence-corrected chi connectivity index (χ3v) is 6.98. The Morgan fingerprint density at radius 1 is 1.29 bits per heavy atom. The molecule has 0 amide bonds. The summed E-state index contributed by atoms with van der Waals surface area (Å²) in [5.74, 6) is 1.30. The molecule has 1 aromatic carbocycles. The molecule has 1 saturated heterocycles. The molecular weight excluding hydrogens is 421 g/mol. The van der Waals surface area contributed by atoms with Crippen LogP contribution in [0.1, 0.15) is 52.8 Å². The molecule has 2 heterocycles. The number of hydrogen-bond donors (Lipinski definition) is 0. The van der Waals surface area contributed by atoms with E-state index in [0.717, 1.165) is 50.5 Å². The van der Waals surface area contributed by atoms with E-state index in [1.807, 2.05) is 0 Å². The van der Waals surface area contributed by atoms with Crippen molar-refractivity contribution in [2.75, 3.05) is 30.9 Å². The van der Waals surface area contributed by atoms with Gasteiger partial charge in [-0.15, -0.1) is 0 Å². The standard InChI is InChI=1S/C22H32FN3O4S/c1-15(10-13-29-17-6-7-19(18(23)14-17)31(5,27)28)16-8-11-26(12-9-16)21-24-20(25-30-21)22(2,3)4/h6-7,14-16H,8-13H2,1-5H3. The van der Waals surface area contributed by atoms with Crippen LogP contribution in [0.15, 0.2) is 27.6 Å². The van der Waals surface area contributed by atoms with Crippen LogP contribution < -0.4 is 9.64 Å². The molecule has 1 aliphatic heterocycles. The molecule has 9 heteroatoms. The highest BCUT2D eigenvalue weighted by Gasteiger charge is 2.28. The third-order valence-electron chi connectivity index (χ3n) is 5.85. The average Bonchev–Trinajstić information content (AvgIpc) is 3.18. The van der Waals surface area contributed by atoms with Gasteiger partial charge in [-0.2, -0.15) is 4.98 Å². The van der Waals surface area contributed by atoms with E-state index in [-0.39, 0.29) is 10.3 Å². The molecule has 172 valence electrons. The van der Waals surface area contributed by atoms with Crippen molar-refractivity contribution >= 4 is 15.9 Å². The molecular formula is C22H32FN3O4S. The van der Waals surface area contributed by atoms with Crippen molar-refractivity contribution in [2.45, 2.75) is 57.3 Å². The molecule has 0 bridgehead atoms. The Labute approximate surface area is 183 Å². The monoisotopic (exact) mass is 453 g/mol. The fourth-order valence-corrected chi connectivity index (χ4v) is 4.51. The lowest BCUT2D eigenvalue weighted by Gasteiger charge is -2.33. The summed E-state index contributed by atoms with van der Waals surface area (Å²) in [6, 6.07) is 4.48. The van der Waals surface area contributed by atoms with Crippen molar-refractivity contribution in [1.29, 1.82) is 0 Å². The van der Waals surface area contributed by atoms with E-state index in [2.05, 4.69) is 42.7 Å². The fraction of sp³-hybridized carbons (Fsp3) is 0.636. The first-order valence-electron chi connectivity index (χ1n) is 10.7. The largest absolute Gasteiger partial charge is 0.493 e. The second-order valence-corrected chi connectivity index (χ2v) is 11.4. The van der Waals surface area contributed by atoms with Crippen LogP contribution >= 0.6 is 0 Å². The van der Waals surface area contributed by atoms with Gasteiger partial charge in [-0.1, -0.05) is 32.9 Å². The third kappa shape index (κ3) is 5.96. The Balaban J connectivity index is 1.46. The highest BCUT2D eigenvalue weighted by Crippen LogP contribution is 2.30. The highest BCUT2D eigenvalue weighted by molar-refractivity contribution is 7.90. The first kappa shape index (κ1) is 23.5. The van der Waals surface area contributed by atoms with Crippen molar-refractivity contribution in [1.82, 2.24) is 10.1 Å². The van der Waals surface area contributed by atoms with Crippen LogP contribution in [0, 0.1) is 17.7 Å². The van der Waals surface area contributed by atoms with Crippen LogP contribution in [0.2, 0.25) is 0 Å². The molecule has 0 spiro atoms. The van der Waals surface area contributed by atoms with Gasteiger partial charge in [-0.3, -0.25) is 0 Å². The number of aromatic nitrogens is 2. The van der Waals surface area contributed by atoms with Crippen LogP contribution in [-0.4, -0.2) is 44.5 Å². The van der Waals surface area contributed by atoms with Gasteiger partial charge in [0.05, 0.1) is 6.61 Å². The van der Waals surface area contributed by atoms with E-state index in [0.29, 0.717) is 30.2 Å². The molecule has 1 unspecified atom stereocenters. The number of piperidine rings is 1. The van der Waals surface area contributed by atoms with Gasteiger partial charge in [0.25, 0.3) is 0 Å². The molecule has 1 fully saturated rings. The summed E-state index contributed by atoms with van der Waals surface area (Å²) in [4.78, 5) is 6.38. The summed E-state index contributed by atoms with van der Waals surface area (Å²) in [6.45, 7) is 10.6. The van der Waals surface area contributed by atoms with Gasteiger partial charge >= 0.3 is 6.01 Å². The van der Waals surface area contributed by atoms with E-state index < -0.39 is 15.7 Å². The van der Waals surface area contributed by atoms with Gasteiger partial charge in [-0.25, -0.2) is 12.8 Å². The smallest absolute Gasteiger partial charge is 0.324 e. The summed E-state index contributed by atoms with van der Waals surface area (Å²) in [5, 5.41) is 4.11. The fourth-order valence-electron chi connectivity index (χ4n) is 3.78. The summed E-state index contributed by atoms with van der Waals surface area (Å²) in [6.07, 6.45) is 3.90. The lowest BCUT2D eigenvalue weighted by Crippen LogP contribution is -2.36. The maximum atomic E-state index is 14.0. The second-order valence-electron chi connectivity index (χ2n) is 9.45. The zero-order chi connectivity index (χ0) is 22.8. The first-order chi connectivity index (χ1) is 14.4. The Hall–Kier alpha value is -2.16. The molecule has 0 saturated carbocycles. The molecule has 2 aromatic rings. The number of benzene rings is 1. The molecule has 7 nitrogen and oxygen atoms in total. The maximum absolute atomic E-state index is 14.0.